The lowest BCUT2D eigenvalue weighted by Crippen LogP contribution is -2.49. The maximum absolute atomic E-state index is 13.7. The Bertz CT molecular complexity index is 1040. The summed E-state index contributed by atoms with van der Waals surface area (Å²) in [5.74, 6) is 1.78. The van der Waals surface area contributed by atoms with Gasteiger partial charge in [-0.25, -0.2) is 14.4 Å². The molecular formula is C24H31FN8. The van der Waals surface area contributed by atoms with Crippen LogP contribution in [0, 0.1) is 13.8 Å². The smallest absolute Gasteiger partial charge is 0.172 e. The van der Waals surface area contributed by atoms with Gasteiger partial charge in [-0.3, -0.25) is 15.0 Å². The molecule has 8 nitrogen and oxygen atoms in total. The number of piperazine rings is 1. The highest BCUT2D eigenvalue weighted by Gasteiger charge is 2.32. The van der Waals surface area contributed by atoms with E-state index in [1.54, 1.807) is 12.4 Å². The third-order valence-corrected chi connectivity index (χ3v) is 6.79. The number of nitrogens with zero attached hydrogens (tertiary/aromatic N) is 7. The van der Waals surface area contributed by atoms with E-state index in [0.29, 0.717) is 25.9 Å². The largest absolute Gasteiger partial charge is 0.353 e. The Balaban J connectivity index is 1.36. The van der Waals surface area contributed by atoms with Gasteiger partial charge in [0.2, 0.25) is 0 Å². The van der Waals surface area contributed by atoms with Gasteiger partial charge in [-0.15, -0.1) is 0 Å². The molecule has 1 unspecified atom stereocenters. The van der Waals surface area contributed by atoms with E-state index in [1.807, 2.05) is 18.3 Å². The minimum absolute atomic E-state index is 0.0528. The second-order valence-electron chi connectivity index (χ2n) is 8.89. The number of pyridine rings is 1. The van der Waals surface area contributed by atoms with E-state index in [2.05, 4.69) is 54.8 Å². The van der Waals surface area contributed by atoms with Gasteiger partial charge in [0.05, 0.1) is 17.4 Å². The molecule has 3 aromatic rings. The van der Waals surface area contributed by atoms with Gasteiger partial charge in [0.1, 0.15) is 6.17 Å². The predicted octanol–water partition coefficient (Wildman–Crippen LogP) is 3.06. The number of rotatable bonds is 5. The van der Waals surface area contributed by atoms with Crippen LogP contribution in [0.1, 0.15) is 41.5 Å². The Hall–Kier alpha value is -3.07. The molecule has 5 rings (SSSR count). The highest BCUT2D eigenvalue weighted by Crippen LogP contribution is 2.34. The van der Waals surface area contributed by atoms with E-state index in [4.69, 9.17) is 4.98 Å². The first-order chi connectivity index (χ1) is 16.1. The zero-order valence-corrected chi connectivity index (χ0v) is 19.3. The molecule has 2 aliphatic rings. The van der Waals surface area contributed by atoms with Crippen molar-refractivity contribution in [1.29, 1.82) is 0 Å². The Morgan fingerprint density at radius 2 is 1.55 bits per heavy atom. The van der Waals surface area contributed by atoms with Gasteiger partial charge in [-0.2, -0.15) is 5.10 Å². The molecule has 174 valence electrons. The van der Waals surface area contributed by atoms with E-state index in [0.717, 1.165) is 54.9 Å². The quantitative estimate of drug-likeness (QED) is 0.640. The zero-order valence-electron chi connectivity index (χ0n) is 19.3. The SMILES string of the molecule is Cc1n[nH]c(C)c1C(c1ccccn1)N1CCN(c2nccnc2N2CCC(F)CC2)CC1. The number of aromatic amines is 1. The van der Waals surface area contributed by atoms with Crippen molar-refractivity contribution >= 4 is 11.6 Å². The molecule has 33 heavy (non-hydrogen) atoms. The van der Waals surface area contributed by atoms with E-state index < -0.39 is 6.17 Å². The van der Waals surface area contributed by atoms with Crippen molar-refractivity contribution in [1.82, 2.24) is 30.0 Å². The maximum atomic E-state index is 13.7. The van der Waals surface area contributed by atoms with Crippen LogP contribution in [0.3, 0.4) is 0 Å². The molecule has 5 heterocycles. The number of alkyl halides is 1. The monoisotopic (exact) mass is 450 g/mol. The van der Waals surface area contributed by atoms with Crippen LogP contribution in [0.2, 0.25) is 0 Å². The van der Waals surface area contributed by atoms with Crippen LogP contribution in [-0.4, -0.2) is 75.5 Å². The van der Waals surface area contributed by atoms with Crippen molar-refractivity contribution in [3.05, 3.63) is 59.4 Å². The normalized spacial score (nSPS) is 19.1. The summed E-state index contributed by atoms with van der Waals surface area (Å²) >= 11 is 0. The molecule has 0 radical (unpaired) electrons. The number of H-pyrrole nitrogens is 1. The van der Waals surface area contributed by atoms with Crippen LogP contribution < -0.4 is 9.80 Å². The topological polar surface area (TPSA) is 77.1 Å². The van der Waals surface area contributed by atoms with Crippen molar-refractivity contribution in [2.24, 2.45) is 0 Å². The molecule has 1 N–H and O–H groups in total. The number of halogens is 1. The van der Waals surface area contributed by atoms with Gasteiger partial charge in [0, 0.05) is 69.1 Å². The zero-order chi connectivity index (χ0) is 22.8. The summed E-state index contributed by atoms with van der Waals surface area (Å²) in [7, 11) is 0. The number of aromatic nitrogens is 5. The molecule has 0 aromatic carbocycles. The van der Waals surface area contributed by atoms with Gasteiger partial charge < -0.3 is 9.80 Å². The molecule has 9 heteroatoms. The molecule has 0 bridgehead atoms. The summed E-state index contributed by atoms with van der Waals surface area (Å²) in [5.41, 5.74) is 4.33. The first kappa shape index (κ1) is 21.8. The molecule has 2 aliphatic heterocycles. The molecule has 2 saturated heterocycles. The van der Waals surface area contributed by atoms with Crippen molar-refractivity contribution in [2.75, 3.05) is 49.1 Å². The fourth-order valence-corrected chi connectivity index (χ4v) is 5.04. The van der Waals surface area contributed by atoms with Gasteiger partial charge in [-0.05, 0) is 38.8 Å². The second kappa shape index (κ2) is 9.43. The van der Waals surface area contributed by atoms with Crippen LogP contribution in [0.5, 0.6) is 0 Å². The summed E-state index contributed by atoms with van der Waals surface area (Å²) in [4.78, 5) is 21.0. The molecule has 0 spiro atoms. The molecule has 0 amide bonds. The lowest BCUT2D eigenvalue weighted by molar-refractivity contribution is 0.208. The Labute approximate surface area is 193 Å². The maximum Gasteiger partial charge on any atom is 0.172 e. The van der Waals surface area contributed by atoms with Crippen molar-refractivity contribution < 1.29 is 4.39 Å². The van der Waals surface area contributed by atoms with Crippen LogP contribution in [0.4, 0.5) is 16.0 Å². The number of aryl methyl sites for hydroxylation is 2. The van der Waals surface area contributed by atoms with E-state index in [1.165, 1.54) is 5.56 Å². The summed E-state index contributed by atoms with van der Waals surface area (Å²) < 4.78 is 13.7. The van der Waals surface area contributed by atoms with Crippen molar-refractivity contribution in [3.8, 4) is 0 Å². The third-order valence-electron chi connectivity index (χ3n) is 6.79. The van der Waals surface area contributed by atoms with E-state index in [9.17, 15) is 4.39 Å². The second-order valence-corrected chi connectivity index (χ2v) is 8.89. The van der Waals surface area contributed by atoms with Crippen LogP contribution in [-0.2, 0) is 0 Å². The summed E-state index contributed by atoms with van der Waals surface area (Å²) in [6.45, 7) is 8.92. The molecule has 3 aromatic heterocycles. The van der Waals surface area contributed by atoms with Gasteiger partial charge >= 0.3 is 0 Å². The van der Waals surface area contributed by atoms with E-state index >= 15 is 0 Å². The molecular weight excluding hydrogens is 419 g/mol. The first-order valence-electron chi connectivity index (χ1n) is 11.7. The summed E-state index contributed by atoms with van der Waals surface area (Å²) in [6.07, 6.45) is 5.75. The van der Waals surface area contributed by atoms with Crippen LogP contribution in [0.25, 0.3) is 0 Å². The van der Waals surface area contributed by atoms with Crippen LogP contribution >= 0.6 is 0 Å². The first-order valence-corrected chi connectivity index (χ1v) is 11.7. The fraction of sp³-hybridized carbons (Fsp3) is 0.500. The lowest BCUT2D eigenvalue weighted by Gasteiger charge is -2.41. The van der Waals surface area contributed by atoms with Gasteiger partial charge in [0.15, 0.2) is 11.6 Å². The number of piperidine rings is 1. The average Bonchev–Trinajstić information content (AvgIpc) is 3.19. The standard InChI is InChI=1S/C24H31FN8/c1-17-21(18(2)30-29-17)22(20-5-3-4-8-26-20)31-13-15-33(16-14-31)24-23(27-9-10-28-24)32-11-6-19(25)7-12-32/h3-5,8-10,19,22H,6-7,11-16H2,1-2H3,(H,29,30). The minimum Gasteiger partial charge on any atom is -0.353 e. The third kappa shape index (κ3) is 4.42. The number of hydrogen-bond donors (Lipinski definition) is 1. The average molecular weight is 451 g/mol. The molecule has 2 fully saturated rings. The number of hydrogen-bond acceptors (Lipinski definition) is 7. The van der Waals surface area contributed by atoms with Crippen molar-refractivity contribution in [2.45, 2.75) is 38.9 Å². The summed E-state index contributed by atoms with van der Waals surface area (Å²) in [5, 5.41) is 7.59. The van der Waals surface area contributed by atoms with Crippen molar-refractivity contribution in [3.63, 3.8) is 0 Å². The lowest BCUT2D eigenvalue weighted by atomic mass is 9.98. The molecule has 1 atom stereocenters. The van der Waals surface area contributed by atoms with Gasteiger partial charge in [0.25, 0.3) is 0 Å². The minimum atomic E-state index is -0.705. The number of nitrogens with one attached hydrogen (secondary N) is 1. The Kier molecular flexibility index (Phi) is 6.22. The molecule has 0 saturated carbocycles. The van der Waals surface area contributed by atoms with Gasteiger partial charge in [-0.1, -0.05) is 6.07 Å². The predicted molar refractivity (Wildman–Crippen MR) is 126 cm³/mol. The Morgan fingerprint density at radius 3 is 2.12 bits per heavy atom. The van der Waals surface area contributed by atoms with E-state index in [-0.39, 0.29) is 6.04 Å². The highest BCUT2D eigenvalue weighted by atomic mass is 19.1. The number of anilines is 2. The highest BCUT2D eigenvalue weighted by molar-refractivity contribution is 5.62. The van der Waals surface area contributed by atoms with Crippen LogP contribution in [0.15, 0.2) is 36.8 Å². The summed E-state index contributed by atoms with van der Waals surface area (Å²) in [6, 6.07) is 6.15. The fourth-order valence-electron chi connectivity index (χ4n) is 5.04. The Morgan fingerprint density at radius 1 is 0.879 bits per heavy atom. The molecule has 0 aliphatic carbocycles.